The molecule has 1 atom stereocenters. The highest BCUT2D eigenvalue weighted by Crippen LogP contribution is 2.28. The number of nitrogens with two attached hydrogens (primary N) is 1. The normalized spacial score (nSPS) is 12.2. The van der Waals surface area contributed by atoms with Gasteiger partial charge in [-0.15, -0.1) is 0 Å². The van der Waals surface area contributed by atoms with Gasteiger partial charge in [-0.3, -0.25) is 4.98 Å². The lowest BCUT2D eigenvalue weighted by molar-refractivity contribution is 0.817. The first-order valence-electron chi connectivity index (χ1n) is 6.23. The molecule has 0 saturated carbocycles. The minimum absolute atomic E-state index is 0.00273. The Labute approximate surface area is 119 Å². The van der Waals surface area contributed by atoms with Crippen LogP contribution in [0.1, 0.15) is 24.1 Å². The molecule has 19 heavy (non-hydrogen) atoms. The third-order valence-corrected chi connectivity index (χ3v) is 3.38. The summed E-state index contributed by atoms with van der Waals surface area (Å²) in [7, 11) is 2.02. The lowest BCUT2D eigenvalue weighted by atomic mass is 10.1. The molecule has 100 valence electrons. The summed E-state index contributed by atoms with van der Waals surface area (Å²) in [6, 6.07) is 9.97. The van der Waals surface area contributed by atoms with Gasteiger partial charge in [0.1, 0.15) is 0 Å². The van der Waals surface area contributed by atoms with Crippen molar-refractivity contribution in [1.29, 1.82) is 0 Å². The number of anilines is 1. The highest BCUT2D eigenvalue weighted by Gasteiger charge is 2.09. The van der Waals surface area contributed by atoms with Crippen LogP contribution in [0.5, 0.6) is 0 Å². The van der Waals surface area contributed by atoms with Gasteiger partial charge in [-0.25, -0.2) is 0 Å². The third kappa shape index (κ3) is 3.46. The Bertz CT molecular complexity index is 540. The molecule has 0 bridgehead atoms. The van der Waals surface area contributed by atoms with Crippen molar-refractivity contribution in [3.8, 4) is 0 Å². The quantitative estimate of drug-likeness (QED) is 0.930. The van der Waals surface area contributed by atoms with Crippen LogP contribution in [-0.2, 0) is 6.54 Å². The first-order chi connectivity index (χ1) is 9.08. The van der Waals surface area contributed by atoms with Crippen LogP contribution < -0.4 is 10.6 Å². The fourth-order valence-electron chi connectivity index (χ4n) is 1.96. The van der Waals surface area contributed by atoms with Crippen LogP contribution in [0.25, 0.3) is 0 Å². The van der Waals surface area contributed by atoms with Crippen molar-refractivity contribution < 1.29 is 0 Å². The number of hydrogen-bond acceptors (Lipinski definition) is 3. The van der Waals surface area contributed by atoms with E-state index in [0.29, 0.717) is 0 Å². The molecule has 0 unspecified atom stereocenters. The van der Waals surface area contributed by atoms with E-state index in [1.54, 1.807) is 12.4 Å². The molecule has 2 aromatic rings. The Hall–Kier alpha value is -1.58. The number of aromatic nitrogens is 1. The molecule has 2 rings (SSSR count). The van der Waals surface area contributed by atoms with Gasteiger partial charge in [0.25, 0.3) is 0 Å². The summed E-state index contributed by atoms with van der Waals surface area (Å²) >= 11 is 6.32. The first-order valence-corrected chi connectivity index (χ1v) is 6.61. The topological polar surface area (TPSA) is 42.1 Å². The Morgan fingerprint density at radius 1 is 1.26 bits per heavy atom. The van der Waals surface area contributed by atoms with Gasteiger partial charge in [-0.1, -0.05) is 17.7 Å². The Morgan fingerprint density at radius 3 is 2.53 bits per heavy atom. The molecule has 1 aromatic heterocycles. The highest BCUT2D eigenvalue weighted by atomic mass is 35.5. The minimum Gasteiger partial charge on any atom is -0.369 e. The molecular formula is C15H18ClN3. The minimum atomic E-state index is -0.00273. The summed E-state index contributed by atoms with van der Waals surface area (Å²) in [5.74, 6) is 0. The van der Waals surface area contributed by atoms with E-state index in [4.69, 9.17) is 17.3 Å². The predicted octanol–water partition coefficient (Wildman–Crippen LogP) is 3.39. The van der Waals surface area contributed by atoms with Crippen molar-refractivity contribution in [2.75, 3.05) is 11.9 Å². The third-order valence-electron chi connectivity index (χ3n) is 3.08. The van der Waals surface area contributed by atoms with Gasteiger partial charge in [0.15, 0.2) is 0 Å². The maximum Gasteiger partial charge on any atom is 0.0642 e. The van der Waals surface area contributed by atoms with Crippen LogP contribution in [-0.4, -0.2) is 12.0 Å². The summed E-state index contributed by atoms with van der Waals surface area (Å²) in [6.07, 6.45) is 3.59. The van der Waals surface area contributed by atoms with Gasteiger partial charge in [0.2, 0.25) is 0 Å². The molecule has 0 amide bonds. The second kappa shape index (κ2) is 6.04. The molecule has 0 aliphatic heterocycles. The van der Waals surface area contributed by atoms with Gasteiger partial charge >= 0.3 is 0 Å². The number of nitrogens with zero attached hydrogens (tertiary/aromatic N) is 2. The molecule has 1 heterocycles. The van der Waals surface area contributed by atoms with E-state index in [-0.39, 0.29) is 6.04 Å². The van der Waals surface area contributed by atoms with Crippen molar-refractivity contribution in [1.82, 2.24) is 4.98 Å². The van der Waals surface area contributed by atoms with Gasteiger partial charge in [0, 0.05) is 32.0 Å². The van der Waals surface area contributed by atoms with Gasteiger partial charge in [-0.05, 0) is 42.3 Å². The fourth-order valence-corrected chi connectivity index (χ4v) is 2.30. The molecule has 3 nitrogen and oxygen atoms in total. The Balaban J connectivity index is 2.17. The van der Waals surface area contributed by atoms with Crippen LogP contribution >= 0.6 is 11.6 Å². The van der Waals surface area contributed by atoms with Crippen LogP contribution in [0.2, 0.25) is 5.02 Å². The zero-order valence-electron chi connectivity index (χ0n) is 11.2. The summed E-state index contributed by atoms with van der Waals surface area (Å²) in [5, 5.41) is 0.728. The van der Waals surface area contributed by atoms with Crippen molar-refractivity contribution >= 4 is 17.3 Å². The van der Waals surface area contributed by atoms with Gasteiger partial charge < -0.3 is 10.6 Å². The Kier molecular flexibility index (Phi) is 4.40. The average Bonchev–Trinajstić information content (AvgIpc) is 2.39. The molecule has 0 radical (unpaired) electrons. The van der Waals surface area contributed by atoms with E-state index in [1.807, 2.05) is 44.3 Å². The predicted molar refractivity (Wildman–Crippen MR) is 80.4 cm³/mol. The molecule has 2 N–H and O–H groups in total. The summed E-state index contributed by atoms with van der Waals surface area (Å²) < 4.78 is 0. The standard InChI is InChI=1S/C15H18ClN3/c1-11(17)13-3-4-15(14(16)9-13)19(2)10-12-5-7-18-8-6-12/h3-9,11H,10,17H2,1-2H3/t11-/m0/s1. The number of benzene rings is 1. The molecule has 0 spiro atoms. The molecular weight excluding hydrogens is 258 g/mol. The molecule has 1 aromatic carbocycles. The number of hydrogen-bond donors (Lipinski definition) is 1. The smallest absolute Gasteiger partial charge is 0.0642 e. The van der Waals surface area contributed by atoms with E-state index in [2.05, 4.69) is 9.88 Å². The number of pyridine rings is 1. The molecule has 0 aliphatic carbocycles. The van der Waals surface area contributed by atoms with Crippen LogP contribution in [0, 0.1) is 0 Å². The second-order valence-electron chi connectivity index (χ2n) is 4.71. The zero-order valence-corrected chi connectivity index (χ0v) is 11.9. The van der Waals surface area contributed by atoms with E-state index >= 15 is 0 Å². The fraction of sp³-hybridized carbons (Fsp3) is 0.267. The van der Waals surface area contributed by atoms with E-state index in [1.165, 1.54) is 5.56 Å². The Morgan fingerprint density at radius 2 is 1.95 bits per heavy atom. The van der Waals surface area contributed by atoms with Crippen LogP contribution in [0.3, 0.4) is 0 Å². The summed E-state index contributed by atoms with van der Waals surface area (Å²) in [5.41, 5.74) is 9.10. The van der Waals surface area contributed by atoms with Crippen molar-refractivity contribution in [2.24, 2.45) is 5.73 Å². The van der Waals surface area contributed by atoms with Crippen molar-refractivity contribution in [3.05, 3.63) is 58.9 Å². The van der Waals surface area contributed by atoms with Crippen molar-refractivity contribution in [2.45, 2.75) is 19.5 Å². The summed E-state index contributed by atoms with van der Waals surface area (Å²) in [6.45, 7) is 2.74. The van der Waals surface area contributed by atoms with E-state index < -0.39 is 0 Å². The molecule has 4 heteroatoms. The van der Waals surface area contributed by atoms with Crippen molar-refractivity contribution in [3.63, 3.8) is 0 Å². The van der Waals surface area contributed by atoms with Crippen LogP contribution in [0.4, 0.5) is 5.69 Å². The molecule has 0 aliphatic rings. The number of halogens is 1. The highest BCUT2D eigenvalue weighted by molar-refractivity contribution is 6.33. The monoisotopic (exact) mass is 275 g/mol. The van der Waals surface area contributed by atoms with E-state index in [0.717, 1.165) is 22.8 Å². The largest absolute Gasteiger partial charge is 0.369 e. The SMILES string of the molecule is C[C@H](N)c1ccc(N(C)Cc2ccncc2)c(Cl)c1. The lowest BCUT2D eigenvalue weighted by Crippen LogP contribution is -2.17. The van der Waals surface area contributed by atoms with Gasteiger partial charge in [-0.2, -0.15) is 0 Å². The maximum atomic E-state index is 6.32. The van der Waals surface area contributed by atoms with Crippen LogP contribution in [0.15, 0.2) is 42.7 Å². The summed E-state index contributed by atoms with van der Waals surface area (Å²) in [4.78, 5) is 6.13. The molecule has 0 fully saturated rings. The van der Waals surface area contributed by atoms with Gasteiger partial charge in [0.05, 0.1) is 10.7 Å². The first kappa shape index (κ1) is 13.8. The van der Waals surface area contributed by atoms with E-state index in [9.17, 15) is 0 Å². The maximum absolute atomic E-state index is 6.32. The lowest BCUT2D eigenvalue weighted by Gasteiger charge is -2.21. The second-order valence-corrected chi connectivity index (χ2v) is 5.12. The molecule has 0 saturated heterocycles. The average molecular weight is 276 g/mol. The number of rotatable bonds is 4. The zero-order chi connectivity index (χ0) is 13.8.